The van der Waals surface area contributed by atoms with Gasteiger partial charge in [0.1, 0.15) is 80.8 Å². The molecule has 2 aromatic heterocycles. The van der Waals surface area contributed by atoms with E-state index in [0.717, 1.165) is 0 Å². The first kappa shape index (κ1) is 102. The van der Waals surface area contributed by atoms with Crippen LogP contribution in [0.2, 0.25) is 0 Å². The van der Waals surface area contributed by atoms with E-state index >= 15 is 0 Å². The van der Waals surface area contributed by atoms with E-state index in [4.69, 9.17) is 144 Å². The zero-order valence-electron chi connectivity index (χ0n) is 70.3. The summed E-state index contributed by atoms with van der Waals surface area (Å²) in [6.07, 6.45) is -2.65. The summed E-state index contributed by atoms with van der Waals surface area (Å²) >= 11 is 0. The predicted octanol–water partition coefficient (Wildman–Crippen LogP) is 7.03. The van der Waals surface area contributed by atoms with Crippen LogP contribution in [-0.4, -0.2) is 346 Å². The molecule has 0 aliphatic heterocycles. The van der Waals surface area contributed by atoms with E-state index in [9.17, 15) is 0 Å². The van der Waals surface area contributed by atoms with E-state index in [1.54, 1.807) is 72.1 Å². The van der Waals surface area contributed by atoms with Gasteiger partial charge in [0.25, 0.3) is 0 Å². The highest BCUT2D eigenvalue weighted by molar-refractivity contribution is 5.47. The second-order valence-corrected chi connectivity index (χ2v) is 25.7. The molecule has 2 aromatic rings. The Balaban J connectivity index is 0.00000109. The highest BCUT2D eigenvalue weighted by Crippen LogP contribution is 2.25. The van der Waals surface area contributed by atoms with E-state index in [0.29, 0.717) is 119 Å². The van der Waals surface area contributed by atoms with Crippen molar-refractivity contribution in [1.82, 2.24) is 29.9 Å². The quantitative estimate of drug-likeness (QED) is 0.0600. The van der Waals surface area contributed by atoms with Crippen molar-refractivity contribution in [2.75, 3.05) is 272 Å². The number of anilines is 6. The van der Waals surface area contributed by atoms with Crippen molar-refractivity contribution in [3.8, 4) is 0 Å². The van der Waals surface area contributed by atoms with Crippen LogP contribution in [0.1, 0.15) is 125 Å². The molecule has 0 saturated carbocycles. The largest absolute Gasteiger partial charge is 0.382 e. The Labute approximate surface area is 646 Å². The van der Waals surface area contributed by atoms with Crippen molar-refractivity contribution in [2.24, 2.45) is 0 Å². The number of nitrogens with zero attached hydrogens (tertiary/aromatic N) is 12. The number of methoxy groups -OCH3 is 6. The Morgan fingerprint density at radius 1 is 0.185 bits per heavy atom. The molecule has 0 spiro atoms. The van der Waals surface area contributed by atoms with E-state index in [1.807, 2.05) is 125 Å². The van der Waals surface area contributed by atoms with Crippen LogP contribution < -0.4 is 29.4 Å². The molecule has 0 saturated heterocycles. The maximum absolute atomic E-state index is 6.25. The topological polar surface area (TPSA) is 318 Å². The number of hydrogen-bond acceptors (Lipinski definition) is 36. The van der Waals surface area contributed by atoms with Gasteiger partial charge in [0.05, 0.1) is 153 Å². The van der Waals surface area contributed by atoms with Gasteiger partial charge in [-0.05, 0) is 125 Å². The van der Waals surface area contributed by atoms with Gasteiger partial charge in [-0.3, -0.25) is 29.4 Å². The fourth-order valence-electron chi connectivity index (χ4n) is 8.75. The highest BCUT2D eigenvalue weighted by atomic mass is 16.6. The zero-order chi connectivity index (χ0) is 80.3. The molecule has 0 bridgehead atoms. The molecule has 36 heteroatoms. The number of aromatic nitrogens is 6. The summed E-state index contributed by atoms with van der Waals surface area (Å²) in [5.41, 5.74) is 0. The maximum Gasteiger partial charge on any atom is 0.235 e. The Kier molecular flexibility index (Phi) is 61.6. The molecule has 0 aromatic carbocycles. The monoisotopic (exact) mass is 1560 g/mol. The minimum Gasteiger partial charge on any atom is -0.382 e. The fourth-order valence-corrected chi connectivity index (χ4v) is 8.75. The third kappa shape index (κ3) is 48.7. The average Bonchev–Trinajstić information content (AvgIpc) is 0.818. The molecule has 12 unspecified atom stereocenters. The van der Waals surface area contributed by atoms with E-state index in [2.05, 4.69) is 0 Å². The van der Waals surface area contributed by atoms with Crippen LogP contribution in [0.25, 0.3) is 0 Å². The molecule has 2 heterocycles. The Morgan fingerprint density at radius 3 is 0.380 bits per heavy atom. The molecule has 0 aliphatic rings. The lowest BCUT2D eigenvalue weighted by Gasteiger charge is -2.31. The molecule has 36 nitrogen and oxygen atoms in total. The Hall–Kier alpha value is -4.14. The molecule has 108 heavy (non-hydrogen) atoms. The molecular formula is C72H144N12O24. The van der Waals surface area contributed by atoms with E-state index in [-0.39, 0.29) is 190 Å². The standard InChI is InChI=1S/C39H78N6O12.C33H66N6O12/c1-13-46-19-31(7)52-25-43(26-53-32(8)20-47-14-2)37-40-38(44(27-54-33(9)21-48-15-3)28-55-34(10)22-49-16-4)42-39(41-37)45(29-56-35(11)23-50-17-5)30-57-36(12)24-51-18-6;1-25(13-40-7)46-19-37(20-47-26(2)14-41-8)31-34-32(38(21-48-27(3)15-42-9)22-49-28(4)16-43-10)36-33(35-31)39(23-50-29(5)17-44-11)24-51-30(6)18-45-12/h31-36H,13-30H2,1-12H3;25-30H,13-24H2,1-12H3. The molecule has 0 fully saturated rings. The minimum absolute atomic E-state index is 0.0820. The van der Waals surface area contributed by atoms with Crippen molar-refractivity contribution in [1.29, 1.82) is 0 Å². The first-order chi connectivity index (χ1) is 52.0. The van der Waals surface area contributed by atoms with Crippen LogP contribution in [-0.2, 0) is 114 Å². The lowest BCUT2D eigenvalue weighted by molar-refractivity contribution is -0.0309. The maximum atomic E-state index is 6.25. The van der Waals surface area contributed by atoms with E-state index in [1.165, 1.54) is 0 Å². The lowest BCUT2D eigenvalue weighted by Crippen LogP contribution is -2.40. The first-order valence-electron chi connectivity index (χ1n) is 37.8. The van der Waals surface area contributed by atoms with Gasteiger partial charge in [-0.25, -0.2) is 0 Å². The normalized spacial score (nSPS) is 15.1. The summed E-state index contributed by atoms with van der Waals surface area (Å²) in [5.74, 6) is 1.65. The molecule has 636 valence electrons. The van der Waals surface area contributed by atoms with Gasteiger partial charge < -0.3 is 114 Å². The van der Waals surface area contributed by atoms with Crippen molar-refractivity contribution in [3.63, 3.8) is 0 Å². The second-order valence-electron chi connectivity index (χ2n) is 25.7. The smallest absolute Gasteiger partial charge is 0.235 e. The van der Waals surface area contributed by atoms with Crippen molar-refractivity contribution < 1.29 is 114 Å². The number of rotatable bonds is 72. The van der Waals surface area contributed by atoms with Gasteiger partial charge in [-0.1, -0.05) is 0 Å². The summed E-state index contributed by atoms with van der Waals surface area (Å²) < 4.78 is 140. The Bertz CT molecular complexity index is 2020. The fraction of sp³-hybridized carbons (Fsp3) is 0.917. The van der Waals surface area contributed by atoms with Crippen LogP contribution >= 0.6 is 0 Å². The van der Waals surface area contributed by atoms with Gasteiger partial charge >= 0.3 is 0 Å². The first-order valence-corrected chi connectivity index (χ1v) is 37.8. The van der Waals surface area contributed by atoms with Crippen molar-refractivity contribution in [2.45, 2.75) is 198 Å². The van der Waals surface area contributed by atoms with Crippen LogP contribution in [0.15, 0.2) is 0 Å². The highest BCUT2D eigenvalue weighted by Gasteiger charge is 2.28. The van der Waals surface area contributed by atoms with Crippen LogP contribution in [0, 0.1) is 0 Å². The van der Waals surface area contributed by atoms with Gasteiger partial charge in [0, 0.05) is 82.3 Å². The summed E-state index contributed by atoms with van der Waals surface area (Å²) in [4.78, 5) is 40.3. The zero-order valence-corrected chi connectivity index (χ0v) is 70.3. The van der Waals surface area contributed by atoms with Gasteiger partial charge in [-0.2, -0.15) is 29.9 Å². The molecule has 0 radical (unpaired) electrons. The minimum atomic E-state index is -0.222. The SMILES string of the molecule is CCOCC(C)OCN(COC(C)COCC)c1nc(N(COC(C)COCC)COC(C)COCC)nc(N(COC(C)COCC)COC(C)COCC)n1.COCC(C)OCN(COC(C)COC)c1nc(N(COC(C)COC)COC(C)COC)nc(N(COC(C)COC)COC(C)COC)n1. The van der Waals surface area contributed by atoms with E-state index < -0.39 is 0 Å². The number of hydrogen-bond donors (Lipinski definition) is 0. The summed E-state index contributed by atoms with van der Waals surface area (Å²) in [7, 11) is 9.73. The van der Waals surface area contributed by atoms with Gasteiger partial charge in [0.2, 0.25) is 35.7 Å². The summed E-state index contributed by atoms with van der Waals surface area (Å²) in [6, 6.07) is 0. The van der Waals surface area contributed by atoms with Crippen molar-refractivity contribution in [3.05, 3.63) is 0 Å². The summed E-state index contributed by atoms with van der Waals surface area (Å²) in [5, 5.41) is 0. The molecule has 0 aliphatic carbocycles. The molecule has 0 amide bonds. The molecular weight excluding hydrogens is 1420 g/mol. The lowest BCUT2D eigenvalue weighted by atomic mass is 10.4. The molecule has 12 atom stereocenters. The average molecular weight is 1560 g/mol. The van der Waals surface area contributed by atoms with Crippen LogP contribution in [0.4, 0.5) is 35.7 Å². The summed E-state index contributed by atoms with van der Waals surface area (Å²) in [6.45, 7) is 44.2. The Morgan fingerprint density at radius 2 is 0.287 bits per heavy atom. The van der Waals surface area contributed by atoms with Crippen LogP contribution in [0.3, 0.4) is 0 Å². The molecule has 2 rings (SSSR count). The van der Waals surface area contributed by atoms with Crippen molar-refractivity contribution >= 4 is 35.7 Å². The van der Waals surface area contributed by atoms with Crippen LogP contribution in [0.5, 0.6) is 0 Å². The number of ether oxygens (including phenoxy) is 24. The van der Waals surface area contributed by atoms with Gasteiger partial charge in [0.15, 0.2) is 0 Å². The predicted molar refractivity (Wildman–Crippen MR) is 410 cm³/mol. The van der Waals surface area contributed by atoms with Gasteiger partial charge in [-0.15, -0.1) is 0 Å². The second kappa shape index (κ2) is 65.3. The third-order valence-electron chi connectivity index (χ3n) is 14.8. The third-order valence-corrected chi connectivity index (χ3v) is 14.8. The molecule has 0 N–H and O–H groups in total.